The van der Waals surface area contributed by atoms with Crippen LogP contribution in [0.4, 0.5) is 0 Å². The Morgan fingerprint density at radius 3 is 1.69 bits per heavy atom. The van der Waals surface area contributed by atoms with Gasteiger partial charge in [0.05, 0.1) is 26.4 Å². The monoisotopic (exact) mass is 246 g/mol. The van der Waals surface area contributed by atoms with Crippen molar-refractivity contribution in [3.8, 4) is 0 Å². The van der Waals surface area contributed by atoms with Gasteiger partial charge in [-0.05, 0) is 12.1 Å². The van der Waals surface area contributed by atoms with Crippen LogP contribution in [0.25, 0.3) is 0 Å². The van der Waals surface area contributed by atoms with E-state index in [-0.39, 0.29) is 0 Å². The Bertz CT molecular complexity index is 223. The van der Waals surface area contributed by atoms with E-state index in [1.165, 1.54) is 0 Å². The van der Waals surface area contributed by atoms with Gasteiger partial charge in [-0.25, -0.2) is 0 Å². The lowest BCUT2D eigenvalue weighted by Gasteiger charge is -2.00. The summed E-state index contributed by atoms with van der Waals surface area (Å²) in [5.74, 6) is 0. The molecule has 0 amide bonds. The van der Waals surface area contributed by atoms with Gasteiger partial charge in [0.1, 0.15) is 0 Å². The molecule has 1 aromatic rings. The summed E-state index contributed by atoms with van der Waals surface area (Å²) < 4.78 is 14.6. The third-order valence-electron chi connectivity index (χ3n) is 1.60. The molecule has 0 radical (unpaired) electrons. The number of ether oxygens (including phenoxy) is 3. The van der Waals surface area contributed by atoms with Crippen molar-refractivity contribution in [2.45, 2.75) is 0 Å². The van der Waals surface area contributed by atoms with E-state index in [9.17, 15) is 0 Å². The van der Waals surface area contributed by atoms with Gasteiger partial charge in [0.2, 0.25) is 0 Å². The molecule has 16 heavy (non-hydrogen) atoms. The fourth-order valence-electron chi connectivity index (χ4n) is 0.801. The second-order valence-corrected chi connectivity index (χ2v) is 3.33. The zero-order valence-electron chi connectivity index (χ0n) is 9.82. The fourth-order valence-corrected chi connectivity index (χ4v) is 0.947. The first-order chi connectivity index (χ1) is 7.81. The maximum absolute atomic E-state index is 5.54. The summed E-state index contributed by atoms with van der Waals surface area (Å²) in [6.45, 7) is 2.62. The van der Waals surface area contributed by atoms with Crippen LogP contribution in [-0.4, -0.2) is 40.6 Å². The minimum atomic E-state index is 0.653. The normalized spacial score (nSPS) is 9.44. The summed E-state index contributed by atoms with van der Waals surface area (Å²) in [4.78, 5) is 0. The Kier molecular flexibility index (Phi) is 12.0. The Hall–Kier alpha value is -0.610. The quantitative estimate of drug-likeness (QED) is 0.723. The summed E-state index contributed by atoms with van der Waals surface area (Å²) in [6, 6.07) is 9.44. The van der Waals surface area contributed by atoms with E-state index in [1.54, 1.807) is 14.2 Å². The maximum Gasteiger partial charge on any atom is 0.0701 e. The molecule has 0 aliphatic rings. The van der Waals surface area contributed by atoms with Crippen LogP contribution < -0.4 is 0 Å². The molecule has 4 heteroatoms. The van der Waals surface area contributed by atoms with E-state index < -0.39 is 0 Å². The Morgan fingerprint density at radius 2 is 1.38 bits per heavy atom. The number of rotatable bonds is 6. The molecule has 1 aromatic carbocycles. The number of halogens is 1. The van der Waals surface area contributed by atoms with E-state index in [2.05, 4.69) is 0 Å². The highest BCUT2D eigenvalue weighted by atomic mass is 35.5. The first-order valence-electron chi connectivity index (χ1n) is 5.07. The van der Waals surface area contributed by atoms with Gasteiger partial charge in [-0.3, -0.25) is 0 Å². The average Bonchev–Trinajstić information content (AvgIpc) is 2.31. The molecule has 0 bridgehead atoms. The molecular formula is C12H19ClO3. The van der Waals surface area contributed by atoms with Crippen LogP contribution in [0.15, 0.2) is 30.3 Å². The third kappa shape index (κ3) is 11.5. The van der Waals surface area contributed by atoms with Gasteiger partial charge >= 0.3 is 0 Å². The fraction of sp³-hybridized carbons (Fsp3) is 0.500. The van der Waals surface area contributed by atoms with Gasteiger partial charge in [-0.2, -0.15) is 0 Å². The van der Waals surface area contributed by atoms with E-state index in [0.29, 0.717) is 26.4 Å². The summed E-state index contributed by atoms with van der Waals surface area (Å²) in [6.07, 6.45) is 0. The highest BCUT2D eigenvalue weighted by Gasteiger charge is 1.84. The second-order valence-electron chi connectivity index (χ2n) is 2.89. The van der Waals surface area contributed by atoms with Crippen LogP contribution in [0.3, 0.4) is 0 Å². The van der Waals surface area contributed by atoms with Crippen LogP contribution >= 0.6 is 11.6 Å². The van der Waals surface area contributed by atoms with Crippen molar-refractivity contribution in [1.82, 2.24) is 0 Å². The molecule has 0 N–H and O–H groups in total. The van der Waals surface area contributed by atoms with Crippen molar-refractivity contribution < 1.29 is 14.2 Å². The van der Waals surface area contributed by atoms with Crippen LogP contribution in [0, 0.1) is 0 Å². The molecule has 0 aliphatic carbocycles. The Morgan fingerprint density at radius 1 is 0.875 bits per heavy atom. The first-order valence-corrected chi connectivity index (χ1v) is 5.45. The van der Waals surface area contributed by atoms with Gasteiger partial charge in [0.25, 0.3) is 0 Å². The van der Waals surface area contributed by atoms with Gasteiger partial charge in [0.15, 0.2) is 0 Å². The minimum absolute atomic E-state index is 0.653. The van der Waals surface area contributed by atoms with Crippen LogP contribution in [-0.2, 0) is 14.2 Å². The lowest BCUT2D eigenvalue weighted by molar-refractivity contribution is 0.0385. The van der Waals surface area contributed by atoms with Crippen LogP contribution in [0.1, 0.15) is 0 Å². The molecule has 0 spiro atoms. The van der Waals surface area contributed by atoms with E-state index in [0.717, 1.165) is 5.02 Å². The largest absolute Gasteiger partial charge is 0.382 e. The summed E-state index contributed by atoms with van der Waals surface area (Å²) in [7, 11) is 3.30. The molecule has 0 fully saturated rings. The predicted molar refractivity (Wildman–Crippen MR) is 66.0 cm³/mol. The molecule has 0 heterocycles. The number of benzene rings is 1. The second kappa shape index (κ2) is 12.5. The zero-order chi connectivity index (χ0) is 12.1. The van der Waals surface area contributed by atoms with Crippen molar-refractivity contribution >= 4 is 11.6 Å². The first kappa shape index (κ1) is 15.4. The third-order valence-corrected chi connectivity index (χ3v) is 1.85. The van der Waals surface area contributed by atoms with Crippen LogP contribution in [0.2, 0.25) is 5.02 Å². The number of methoxy groups -OCH3 is 2. The van der Waals surface area contributed by atoms with Crippen molar-refractivity contribution in [1.29, 1.82) is 0 Å². The van der Waals surface area contributed by atoms with Gasteiger partial charge in [-0.1, -0.05) is 29.8 Å². The molecule has 1 rings (SSSR count). The highest BCUT2D eigenvalue weighted by molar-refractivity contribution is 6.30. The molecular weight excluding hydrogens is 228 g/mol. The lowest BCUT2D eigenvalue weighted by atomic mass is 10.4. The van der Waals surface area contributed by atoms with Crippen molar-refractivity contribution in [3.63, 3.8) is 0 Å². The van der Waals surface area contributed by atoms with E-state index in [4.69, 9.17) is 25.8 Å². The molecule has 0 atom stereocenters. The van der Waals surface area contributed by atoms with E-state index in [1.807, 2.05) is 30.3 Å². The SMILES string of the molecule is COCCOCCOC.Clc1ccccc1. The molecule has 0 aromatic heterocycles. The molecule has 0 saturated carbocycles. The van der Waals surface area contributed by atoms with E-state index >= 15 is 0 Å². The summed E-state index contributed by atoms with van der Waals surface area (Å²) in [5, 5.41) is 0.794. The van der Waals surface area contributed by atoms with Gasteiger partial charge < -0.3 is 14.2 Å². The smallest absolute Gasteiger partial charge is 0.0701 e. The summed E-state index contributed by atoms with van der Waals surface area (Å²) >= 11 is 5.54. The van der Waals surface area contributed by atoms with Gasteiger partial charge in [-0.15, -0.1) is 0 Å². The molecule has 0 aliphatic heterocycles. The van der Waals surface area contributed by atoms with Crippen molar-refractivity contribution in [2.24, 2.45) is 0 Å². The maximum atomic E-state index is 5.54. The minimum Gasteiger partial charge on any atom is -0.382 e. The highest BCUT2D eigenvalue weighted by Crippen LogP contribution is 2.03. The Balaban J connectivity index is 0.000000288. The van der Waals surface area contributed by atoms with Crippen molar-refractivity contribution in [2.75, 3.05) is 40.6 Å². The van der Waals surface area contributed by atoms with Crippen LogP contribution in [0.5, 0.6) is 0 Å². The molecule has 92 valence electrons. The lowest BCUT2D eigenvalue weighted by Crippen LogP contribution is -2.06. The topological polar surface area (TPSA) is 27.7 Å². The Labute approximate surface area is 102 Å². The van der Waals surface area contributed by atoms with Gasteiger partial charge in [0, 0.05) is 19.2 Å². The number of hydrogen-bond donors (Lipinski definition) is 0. The summed E-state index contributed by atoms with van der Waals surface area (Å²) in [5.41, 5.74) is 0. The zero-order valence-corrected chi connectivity index (χ0v) is 10.6. The average molecular weight is 247 g/mol. The van der Waals surface area contributed by atoms with Crippen molar-refractivity contribution in [3.05, 3.63) is 35.4 Å². The molecule has 0 unspecified atom stereocenters. The molecule has 3 nitrogen and oxygen atoms in total. The molecule has 0 saturated heterocycles. The number of hydrogen-bond acceptors (Lipinski definition) is 3. The standard InChI is InChI=1S/C6H5Cl.C6H14O3/c7-6-4-2-1-3-5-6;1-7-3-5-9-6-4-8-2/h1-5H;3-6H2,1-2H3. The predicted octanol–water partition coefficient (Wildman–Crippen LogP) is 2.64.